The lowest BCUT2D eigenvalue weighted by Crippen LogP contribution is -2.67. The summed E-state index contributed by atoms with van der Waals surface area (Å²) in [5, 5.41) is 0. The van der Waals surface area contributed by atoms with Gasteiger partial charge >= 0.3 is 6.18 Å². The SMILES string of the molecule is CN1C[C@@H]2[C@@H]3C(=O)N(Cc4ccccc4)C(=O)[C@@H]3[C@](C)(C1=O)N2C(=O)c1ccc(C(F)(F)F)cc1. The molecule has 3 aliphatic rings. The quantitative estimate of drug-likeness (QED) is 0.627. The lowest BCUT2D eigenvalue weighted by atomic mass is 9.81. The molecule has 7 nitrogen and oxygen atoms in total. The predicted molar refractivity (Wildman–Crippen MR) is 116 cm³/mol. The molecule has 35 heavy (non-hydrogen) atoms. The Bertz CT molecular complexity index is 1230. The van der Waals surface area contributed by atoms with Gasteiger partial charge in [-0.1, -0.05) is 30.3 Å². The Morgan fingerprint density at radius 1 is 1.00 bits per heavy atom. The number of carbonyl (C=O) groups is 4. The Balaban J connectivity index is 1.52. The molecule has 2 aromatic rings. The molecule has 0 unspecified atom stereocenters. The molecule has 4 atom stereocenters. The number of nitrogens with zero attached hydrogens (tertiary/aromatic N) is 3. The van der Waals surface area contributed by atoms with Crippen LogP contribution in [-0.2, 0) is 27.1 Å². The zero-order valence-electron chi connectivity index (χ0n) is 19.0. The highest BCUT2D eigenvalue weighted by atomic mass is 19.4. The molecule has 10 heteroatoms. The van der Waals surface area contributed by atoms with Crippen LogP contribution in [0.15, 0.2) is 54.6 Å². The first kappa shape index (κ1) is 23.1. The van der Waals surface area contributed by atoms with Gasteiger partial charge in [0, 0.05) is 19.2 Å². The first-order valence-electron chi connectivity index (χ1n) is 11.1. The van der Waals surface area contributed by atoms with Crippen LogP contribution in [0.2, 0.25) is 0 Å². The summed E-state index contributed by atoms with van der Waals surface area (Å²) < 4.78 is 38.9. The minimum Gasteiger partial charge on any atom is -0.342 e. The van der Waals surface area contributed by atoms with Crippen molar-refractivity contribution in [1.82, 2.24) is 14.7 Å². The van der Waals surface area contributed by atoms with Gasteiger partial charge in [-0.05, 0) is 36.8 Å². The maximum atomic E-state index is 13.5. The van der Waals surface area contributed by atoms with Crippen LogP contribution in [0.5, 0.6) is 0 Å². The van der Waals surface area contributed by atoms with E-state index in [0.29, 0.717) is 0 Å². The number of hydrogen-bond acceptors (Lipinski definition) is 4. The summed E-state index contributed by atoms with van der Waals surface area (Å²) in [7, 11) is 1.55. The van der Waals surface area contributed by atoms with Gasteiger partial charge in [-0.3, -0.25) is 24.1 Å². The van der Waals surface area contributed by atoms with Crippen molar-refractivity contribution in [2.24, 2.45) is 11.8 Å². The summed E-state index contributed by atoms with van der Waals surface area (Å²) in [4.78, 5) is 57.7. The van der Waals surface area contributed by atoms with Crippen LogP contribution < -0.4 is 0 Å². The number of benzene rings is 2. The maximum Gasteiger partial charge on any atom is 0.416 e. The number of amides is 4. The van der Waals surface area contributed by atoms with Gasteiger partial charge in [0.2, 0.25) is 17.7 Å². The number of fused-ring (bicyclic) bond motifs is 5. The number of alkyl halides is 3. The van der Waals surface area contributed by atoms with Crippen LogP contribution in [0.4, 0.5) is 13.2 Å². The fraction of sp³-hybridized carbons (Fsp3) is 0.360. The van der Waals surface area contributed by atoms with Gasteiger partial charge in [-0.2, -0.15) is 13.2 Å². The fourth-order valence-electron chi connectivity index (χ4n) is 5.79. The van der Waals surface area contributed by atoms with E-state index in [9.17, 15) is 32.3 Å². The number of likely N-dealkylation sites (tertiary alicyclic amines) is 2. The highest BCUT2D eigenvalue weighted by Gasteiger charge is 2.73. The van der Waals surface area contributed by atoms with E-state index in [0.717, 1.165) is 34.7 Å². The first-order valence-corrected chi connectivity index (χ1v) is 11.1. The topological polar surface area (TPSA) is 78.0 Å². The average molecular weight is 485 g/mol. The van der Waals surface area contributed by atoms with E-state index < -0.39 is 58.8 Å². The monoisotopic (exact) mass is 485 g/mol. The summed E-state index contributed by atoms with van der Waals surface area (Å²) in [5.41, 5.74) is -1.84. The third-order valence-corrected chi connectivity index (χ3v) is 7.40. The third-order valence-electron chi connectivity index (χ3n) is 7.40. The van der Waals surface area contributed by atoms with Crippen molar-refractivity contribution < 1.29 is 32.3 Å². The summed E-state index contributed by atoms with van der Waals surface area (Å²) >= 11 is 0. The Hall–Kier alpha value is -3.69. The van der Waals surface area contributed by atoms with E-state index in [1.807, 2.05) is 6.07 Å². The van der Waals surface area contributed by atoms with Crippen LogP contribution in [0.1, 0.15) is 28.4 Å². The van der Waals surface area contributed by atoms with Crippen molar-refractivity contribution >= 4 is 23.6 Å². The normalized spacial score (nSPS) is 28.1. The number of halogens is 3. The Kier molecular flexibility index (Phi) is 5.05. The van der Waals surface area contributed by atoms with Gasteiger partial charge in [0.1, 0.15) is 5.54 Å². The fourth-order valence-corrected chi connectivity index (χ4v) is 5.79. The second-order valence-corrected chi connectivity index (χ2v) is 9.40. The van der Waals surface area contributed by atoms with Gasteiger partial charge in [-0.25, -0.2) is 0 Å². The predicted octanol–water partition coefficient (Wildman–Crippen LogP) is 2.56. The van der Waals surface area contributed by atoms with Gasteiger partial charge in [-0.15, -0.1) is 0 Å². The molecular formula is C25H22F3N3O4. The van der Waals surface area contributed by atoms with Crippen molar-refractivity contribution in [2.75, 3.05) is 13.6 Å². The van der Waals surface area contributed by atoms with Crippen LogP contribution in [0, 0.1) is 11.8 Å². The van der Waals surface area contributed by atoms with E-state index in [-0.39, 0.29) is 18.7 Å². The van der Waals surface area contributed by atoms with E-state index in [1.54, 1.807) is 31.3 Å². The van der Waals surface area contributed by atoms with E-state index in [1.165, 1.54) is 16.7 Å². The molecule has 0 radical (unpaired) electrons. The minimum absolute atomic E-state index is 0.0418. The Morgan fingerprint density at radius 3 is 2.23 bits per heavy atom. The number of hydrogen-bond donors (Lipinski definition) is 0. The lowest BCUT2D eigenvalue weighted by Gasteiger charge is -2.47. The molecule has 3 saturated heterocycles. The molecule has 3 heterocycles. The molecule has 0 aromatic heterocycles. The molecule has 2 aromatic carbocycles. The number of likely N-dealkylation sites (N-methyl/N-ethyl adjacent to an activating group) is 1. The maximum absolute atomic E-state index is 13.5. The molecule has 182 valence electrons. The average Bonchev–Trinajstić information content (AvgIpc) is 3.20. The highest BCUT2D eigenvalue weighted by molar-refractivity contribution is 6.13. The summed E-state index contributed by atoms with van der Waals surface area (Å²) in [6, 6.07) is 11.9. The van der Waals surface area contributed by atoms with Crippen molar-refractivity contribution in [3.05, 3.63) is 71.3 Å². The summed E-state index contributed by atoms with van der Waals surface area (Å²) in [6.45, 7) is 1.58. The molecule has 3 aliphatic heterocycles. The second kappa shape index (κ2) is 7.66. The Morgan fingerprint density at radius 2 is 1.63 bits per heavy atom. The minimum atomic E-state index is -4.56. The van der Waals surface area contributed by atoms with Crippen LogP contribution in [-0.4, -0.2) is 63.5 Å². The molecule has 0 aliphatic carbocycles. The number of carbonyl (C=O) groups excluding carboxylic acids is 4. The van der Waals surface area contributed by atoms with E-state index >= 15 is 0 Å². The number of rotatable bonds is 3. The highest BCUT2D eigenvalue weighted by Crippen LogP contribution is 2.52. The second-order valence-electron chi connectivity index (χ2n) is 9.40. The molecule has 0 N–H and O–H groups in total. The molecule has 0 saturated carbocycles. The number of piperazine rings is 1. The van der Waals surface area contributed by atoms with Crippen molar-refractivity contribution in [2.45, 2.75) is 31.2 Å². The molecule has 0 spiro atoms. The Labute approximate surface area is 199 Å². The zero-order valence-corrected chi connectivity index (χ0v) is 19.0. The number of imide groups is 1. The van der Waals surface area contributed by atoms with E-state index in [2.05, 4.69) is 0 Å². The summed E-state index contributed by atoms with van der Waals surface area (Å²) in [6.07, 6.45) is -4.56. The van der Waals surface area contributed by atoms with Gasteiger partial charge in [0.05, 0.1) is 30.0 Å². The molecule has 5 rings (SSSR count). The largest absolute Gasteiger partial charge is 0.416 e. The third kappa shape index (κ3) is 3.26. The smallest absolute Gasteiger partial charge is 0.342 e. The summed E-state index contributed by atoms with van der Waals surface area (Å²) in [5.74, 6) is -4.13. The van der Waals surface area contributed by atoms with Crippen molar-refractivity contribution in [1.29, 1.82) is 0 Å². The molecule has 2 bridgehead atoms. The van der Waals surface area contributed by atoms with Crippen molar-refractivity contribution in [3.8, 4) is 0 Å². The molecule has 3 fully saturated rings. The standard InChI is InChI=1S/C25H22F3N3O4/c1-24-19-18(21(33)30(22(19)34)12-14-6-4-3-5-7-14)17(13-29(2)23(24)35)31(24)20(32)15-8-10-16(11-9-15)25(26,27)28/h3-11,17-19H,12-13H2,1-2H3/t17-,18+,19-,24-/m1/s1. The van der Waals surface area contributed by atoms with Crippen LogP contribution >= 0.6 is 0 Å². The molecule has 4 amide bonds. The van der Waals surface area contributed by atoms with Gasteiger partial charge in [0.25, 0.3) is 5.91 Å². The van der Waals surface area contributed by atoms with Crippen LogP contribution in [0.25, 0.3) is 0 Å². The van der Waals surface area contributed by atoms with E-state index in [4.69, 9.17) is 0 Å². The lowest BCUT2D eigenvalue weighted by molar-refractivity contribution is -0.154. The van der Waals surface area contributed by atoms with Crippen molar-refractivity contribution in [3.63, 3.8) is 0 Å². The molecular weight excluding hydrogens is 463 g/mol. The van der Waals surface area contributed by atoms with Crippen LogP contribution in [0.3, 0.4) is 0 Å². The first-order chi connectivity index (χ1) is 16.5. The van der Waals surface area contributed by atoms with Gasteiger partial charge in [0.15, 0.2) is 0 Å². The zero-order chi connectivity index (χ0) is 25.3. The van der Waals surface area contributed by atoms with Gasteiger partial charge < -0.3 is 9.80 Å².